The Labute approximate surface area is 254 Å². The molecule has 9 heteroatoms. The van der Waals surface area contributed by atoms with Crippen molar-refractivity contribution in [1.82, 2.24) is 24.7 Å². The van der Waals surface area contributed by atoms with Crippen LogP contribution in [-0.4, -0.2) is 76.0 Å². The Hall–Kier alpha value is -2.78. The van der Waals surface area contributed by atoms with E-state index in [1.165, 1.54) is 56.1 Å². The summed E-state index contributed by atoms with van der Waals surface area (Å²) >= 11 is 0. The molecule has 1 aromatic carbocycles. The maximum absolute atomic E-state index is 13.8. The van der Waals surface area contributed by atoms with Gasteiger partial charge in [0.05, 0.1) is 10.9 Å². The summed E-state index contributed by atoms with van der Waals surface area (Å²) in [5, 5.41) is 6.40. The number of aryl methyl sites for hydroxylation is 1. The molecular formula is C34H48N6O3. The summed E-state index contributed by atoms with van der Waals surface area (Å²) in [4.78, 5) is 48.1. The molecule has 0 spiro atoms. The van der Waals surface area contributed by atoms with Gasteiger partial charge < -0.3 is 10.2 Å². The first-order valence-corrected chi connectivity index (χ1v) is 16.8. The molecule has 43 heavy (non-hydrogen) atoms. The molecule has 4 bridgehead atoms. The third-order valence-corrected chi connectivity index (χ3v) is 11.6. The average Bonchev–Trinajstić information content (AvgIpc) is 2.93. The molecule has 2 N–H and O–H groups in total. The van der Waals surface area contributed by atoms with E-state index in [4.69, 9.17) is 0 Å². The predicted molar refractivity (Wildman–Crippen MR) is 168 cm³/mol. The van der Waals surface area contributed by atoms with Gasteiger partial charge in [-0.1, -0.05) is 6.07 Å². The van der Waals surface area contributed by atoms with Crippen molar-refractivity contribution >= 4 is 28.4 Å². The van der Waals surface area contributed by atoms with E-state index in [0.717, 1.165) is 43.1 Å². The van der Waals surface area contributed by atoms with Gasteiger partial charge in [0, 0.05) is 50.4 Å². The molecule has 6 fully saturated rings. The zero-order valence-corrected chi connectivity index (χ0v) is 26.1. The molecule has 2 aromatic rings. The number of carbonyl (C=O) groups is 2. The first kappa shape index (κ1) is 29.0. The van der Waals surface area contributed by atoms with Crippen LogP contribution in [0.3, 0.4) is 0 Å². The number of carbonyl (C=O) groups excluding carboxylic acids is 2. The Balaban J connectivity index is 0.982. The summed E-state index contributed by atoms with van der Waals surface area (Å²) in [6.45, 7) is 11.5. The number of rotatable bonds is 8. The smallest absolute Gasteiger partial charge is 0.264 e. The molecule has 3 unspecified atom stereocenters. The van der Waals surface area contributed by atoms with Gasteiger partial charge in [0.15, 0.2) is 0 Å². The molecule has 4 saturated carbocycles. The first-order valence-electron chi connectivity index (χ1n) is 16.8. The Morgan fingerprint density at radius 3 is 2.30 bits per heavy atom. The van der Waals surface area contributed by atoms with E-state index in [1.807, 2.05) is 18.2 Å². The molecule has 232 valence electrons. The highest BCUT2D eigenvalue weighted by atomic mass is 16.2. The number of piperazine rings is 1. The van der Waals surface area contributed by atoms with Gasteiger partial charge in [0.2, 0.25) is 11.8 Å². The molecule has 2 saturated heterocycles. The van der Waals surface area contributed by atoms with Crippen molar-refractivity contribution in [3.8, 4) is 0 Å². The van der Waals surface area contributed by atoms with E-state index in [-0.39, 0.29) is 17.9 Å². The van der Waals surface area contributed by atoms with Crippen LogP contribution >= 0.6 is 0 Å². The van der Waals surface area contributed by atoms with Crippen LogP contribution in [0.1, 0.15) is 83.5 Å². The number of nitrogens with one attached hydrogen (secondary N) is 2. The normalized spacial score (nSPS) is 34.6. The minimum absolute atomic E-state index is 0.214. The first-order chi connectivity index (χ1) is 20.7. The Morgan fingerprint density at radius 1 is 0.977 bits per heavy atom. The van der Waals surface area contributed by atoms with E-state index in [9.17, 15) is 14.4 Å². The summed E-state index contributed by atoms with van der Waals surface area (Å²) in [5.74, 6) is 2.82. The highest BCUT2D eigenvalue weighted by molar-refractivity contribution is 5.99. The van der Waals surface area contributed by atoms with E-state index in [0.29, 0.717) is 47.2 Å². The van der Waals surface area contributed by atoms with Crippen LogP contribution in [0.15, 0.2) is 23.0 Å². The van der Waals surface area contributed by atoms with Crippen molar-refractivity contribution < 1.29 is 9.59 Å². The highest BCUT2D eigenvalue weighted by Crippen LogP contribution is 2.61. The third kappa shape index (κ3) is 5.52. The molecule has 3 atom stereocenters. The van der Waals surface area contributed by atoms with Crippen LogP contribution in [0.2, 0.25) is 0 Å². The SMILES string of the molecule is Cc1nc2cccc(NCCN3C(C)CN(CCC45CC6CC(CC(C6)C4)C5)CC3C)c2c(=O)n1C1CCC(=O)NC1=O. The van der Waals surface area contributed by atoms with Gasteiger partial charge in [-0.25, -0.2) is 4.98 Å². The fraction of sp³-hybridized carbons (Fsp3) is 0.706. The van der Waals surface area contributed by atoms with Crippen LogP contribution in [0, 0.1) is 30.1 Å². The van der Waals surface area contributed by atoms with E-state index < -0.39 is 11.9 Å². The Bertz CT molecular complexity index is 1420. The molecule has 6 aliphatic rings. The van der Waals surface area contributed by atoms with Gasteiger partial charge in [-0.3, -0.25) is 29.2 Å². The number of hydrogen-bond donors (Lipinski definition) is 2. The Kier molecular flexibility index (Phi) is 7.61. The van der Waals surface area contributed by atoms with E-state index in [2.05, 4.69) is 39.3 Å². The van der Waals surface area contributed by atoms with Crippen molar-refractivity contribution in [2.24, 2.45) is 23.2 Å². The minimum atomic E-state index is -0.726. The van der Waals surface area contributed by atoms with Crippen molar-refractivity contribution in [1.29, 1.82) is 0 Å². The lowest BCUT2D eigenvalue weighted by molar-refractivity contribution is -0.135. The maximum atomic E-state index is 13.8. The number of benzene rings is 1. The second-order valence-corrected chi connectivity index (χ2v) is 14.8. The number of fused-ring (bicyclic) bond motifs is 1. The number of hydrogen-bond acceptors (Lipinski definition) is 7. The lowest BCUT2D eigenvalue weighted by atomic mass is 9.49. The lowest BCUT2D eigenvalue weighted by Crippen LogP contribution is -2.58. The van der Waals surface area contributed by atoms with Gasteiger partial charge >= 0.3 is 0 Å². The zero-order chi connectivity index (χ0) is 29.9. The molecular weight excluding hydrogens is 540 g/mol. The average molecular weight is 589 g/mol. The number of aromatic nitrogens is 2. The number of piperidine rings is 1. The minimum Gasteiger partial charge on any atom is -0.383 e. The quantitative estimate of drug-likeness (QED) is 0.448. The van der Waals surface area contributed by atoms with E-state index >= 15 is 0 Å². The lowest BCUT2D eigenvalue weighted by Gasteiger charge is -2.57. The van der Waals surface area contributed by atoms with Gasteiger partial charge in [-0.05, 0) is 114 Å². The van der Waals surface area contributed by atoms with Gasteiger partial charge in [-0.2, -0.15) is 0 Å². The van der Waals surface area contributed by atoms with Gasteiger partial charge in [0.25, 0.3) is 5.56 Å². The summed E-state index contributed by atoms with van der Waals surface area (Å²) in [5.41, 5.74) is 1.76. The number of nitrogens with zero attached hydrogens (tertiary/aromatic N) is 4. The standard InChI is InChI=1S/C34H48N6O3/c1-21-19-38(11-9-34-16-24-13-25(17-34)15-26(14-24)18-34)20-22(2)39(21)12-10-35-27-5-4-6-28-31(27)33(43)40(23(3)36-28)29-7-8-30(41)37-32(29)42/h4-6,21-22,24-26,29,35H,7-20H2,1-3H3,(H,37,41,42). The van der Waals surface area contributed by atoms with Crippen LogP contribution in [0.5, 0.6) is 0 Å². The van der Waals surface area contributed by atoms with Crippen LogP contribution in [-0.2, 0) is 9.59 Å². The summed E-state index contributed by atoms with van der Waals surface area (Å²) in [7, 11) is 0. The number of imide groups is 1. The number of anilines is 1. The van der Waals surface area contributed by atoms with Gasteiger partial charge in [0.1, 0.15) is 11.9 Å². The topological polar surface area (TPSA) is 99.6 Å². The van der Waals surface area contributed by atoms with Crippen molar-refractivity contribution in [3.05, 3.63) is 34.4 Å². The van der Waals surface area contributed by atoms with E-state index in [1.54, 1.807) is 6.92 Å². The van der Waals surface area contributed by atoms with Crippen LogP contribution in [0.4, 0.5) is 5.69 Å². The van der Waals surface area contributed by atoms with Crippen LogP contribution in [0.25, 0.3) is 10.9 Å². The summed E-state index contributed by atoms with van der Waals surface area (Å²) < 4.78 is 1.46. The number of amides is 2. The van der Waals surface area contributed by atoms with Gasteiger partial charge in [-0.15, -0.1) is 0 Å². The largest absolute Gasteiger partial charge is 0.383 e. The molecule has 3 heterocycles. The monoisotopic (exact) mass is 588 g/mol. The van der Waals surface area contributed by atoms with Crippen LogP contribution < -0.4 is 16.2 Å². The third-order valence-electron chi connectivity index (χ3n) is 11.6. The summed E-state index contributed by atoms with van der Waals surface area (Å²) in [6.07, 6.45) is 11.0. The molecule has 9 nitrogen and oxygen atoms in total. The predicted octanol–water partition coefficient (Wildman–Crippen LogP) is 4.10. The fourth-order valence-electron chi connectivity index (χ4n) is 10.2. The molecule has 2 aliphatic heterocycles. The van der Waals surface area contributed by atoms with Crippen molar-refractivity contribution in [2.45, 2.75) is 96.7 Å². The van der Waals surface area contributed by atoms with Crippen molar-refractivity contribution in [2.75, 3.05) is 38.0 Å². The highest BCUT2D eigenvalue weighted by Gasteiger charge is 2.50. The van der Waals surface area contributed by atoms with Crippen molar-refractivity contribution in [3.63, 3.8) is 0 Å². The molecule has 4 aliphatic carbocycles. The Morgan fingerprint density at radius 2 is 1.65 bits per heavy atom. The molecule has 0 radical (unpaired) electrons. The zero-order valence-electron chi connectivity index (χ0n) is 26.1. The second-order valence-electron chi connectivity index (χ2n) is 14.8. The summed E-state index contributed by atoms with van der Waals surface area (Å²) in [6, 6.07) is 5.91. The molecule has 2 amide bonds. The molecule has 1 aromatic heterocycles. The molecule has 8 rings (SSSR count). The maximum Gasteiger partial charge on any atom is 0.264 e. The fourth-order valence-corrected chi connectivity index (χ4v) is 10.2. The second kappa shape index (κ2) is 11.3.